The van der Waals surface area contributed by atoms with E-state index in [4.69, 9.17) is 0 Å². The third kappa shape index (κ3) is 4.42. The summed E-state index contributed by atoms with van der Waals surface area (Å²) in [6.07, 6.45) is 17.0. The summed E-state index contributed by atoms with van der Waals surface area (Å²) in [5.41, 5.74) is 4.83. The highest BCUT2D eigenvalue weighted by atomic mass is 15.0. The third-order valence-electron chi connectivity index (χ3n) is 4.64. The van der Waals surface area contributed by atoms with Crippen LogP contribution in [0, 0.1) is 0 Å². The van der Waals surface area contributed by atoms with E-state index in [2.05, 4.69) is 68.2 Å². The summed E-state index contributed by atoms with van der Waals surface area (Å²) in [6.45, 7) is 1.99. The molecule has 132 valence electrons. The zero-order valence-electron chi connectivity index (χ0n) is 15.1. The van der Waals surface area contributed by atoms with Crippen molar-refractivity contribution in [3.05, 3.63) is 98.1 Å². The van der Waals surface area contributed by atoms with Crippen molar-refractivity contribution in [2.45, 2.75) is 19.5 Å². The first-order valence-electron chi connectivity index (χ1n) is 9.17. The zero-order valence-corrected chi connectivity index (χ0v) is 15.1. The molecule has 0 saturated heterocycles. The fourth-order valence-corrected chi connectivity index (χ4v) is 3.12. The second-order valence-electron chi connectivity index (χ2n) is 6.47. The van der Waals surface area contributed by atoms with Crippen molar-refractivity contribution < 1.29 is 9.13 Å². The molecule has 0 spiro atoms. The lowest BCUT2D eigenvalue weighted by molar-refractivity contribution is -0.726. The Bertz CT molecular complexity index is 883. The molecule has 0 fully saturated rings. The Hall–Kier alpha value is -3.40. The highest BCUT2D eigenvalue weighted by Gasteiger charge is 2.06. The summed E-state index contributed by atoms with van der Waals surface area (Å²) in [5, 5.41) is 0. The largest absolute Gasteiger partial charge is 0.265 e. The van der Waals surface area contributed by atoms with Crippen molar-refractivity contribution in [3.8, 4) is 22.3 Å². The average Bonchev–Trinajstić information content (AvgIpc) is 2.76. The van der Waals surface area contributed by atoms with Crippen LogP contribution in [0.1, 0.15) is 6.42 Å². The molecule has 0 N–H and O–H groups in total. The maximum atomic E-state index is 4.07. The van der Waals surface area contributed by atoms with Crippen LogP contribution in [0.3, 0.4) is 0 Å². The minimum Gasteiger partial charge on any atom is -0.265 e. The van der Waals surface area contributed by atoms with Crippen LogP contribution in [0.5, 0.6) is 0 Å². The monoisotopic (exact) mass is 354 g/mol. The lowest BCUT2D eigenvalue weighted by Gasteiger charge is -2.01. The number of aryl methyl sites for hydroxylation is 2. The van der Waals surface area contributed by atoms with Crippen LogP contribution in [0.15, 0.2) is 98.1 Å². The van der Waals surface area contributed by atoms with Gasteiger partial charge in [-0.15, -0.1) is 0 Å². The Labute approximate surface area is 159 Å². The van der Waals surface area contributed by atoms with E-state index in [0.29, 0.717) is 0 Å². The molecule has 0 aliphatic carbocycles. The first kappa shape index (κ1) is 17.0. The Morgan fingerprint density at radius 2 is 0.815 bits per heavy atom. The number of pyridine rings is 4. The Kier molecular flexibility index (Phi) is 5.25. The van der Waals surface area contributed by atoms with Crippen LogP contribution < -0.4 is 9.13 Å². The minimum atomic E-state index is 0.996. The average molecular weight is 354 g/mol. The normalized spacial score (nSPS) is 10.7. The van der Waals surface area contributed by atoms with Gasteiger partial charge in [0.1, 0.15) is 0 Å². The van der Waals surface area contributed by atoms with E-state index >= 15 is 0 Å². The van der Waals surface area contributed by atoms with Crippen molar-refractivity contribution in [1.82, 2.24) is 9.97 Å². The summed E-state index contributed by atoms with van der Waals surface area (Å²) >= 11 is 0. The molecular formula is C23H22N4+2. The highest BCUT2D eigenvalue weighted by molar-refractivity contribution is 5.61. The van der Waals surface area contributed by atoms with Gasteiger partial charge in [-0.25, -0.2) is 9.13 Å². The summed E-state index contributed by atoms with van der Waals surface area (Å²) in [6, 6.07) is 16.8. The zero-order chi connectivity index (χ0) is 18.3. The van der Waals surface area contributed by atoms with Crippen LogP contribution in [0.2, 0.25) is 0 Å². The Balaban J connectivity index is 1.32. The molecule has 0 unspecified atom stereocenters. The molecule has 0 aliphatic heterocycles. The van der Waals surface area contributed by atoms with Gasteiger partial charge in [-0.05, 0) is 46.5 Å². The number of hydrogen-bond acceptors (Lipinski definition) is 2. The maximum Gasteiger partial charge on any atom is 0.169 e. The summed E-state index contributed by atoms with van der Waals surface area (Å²) in [4.78, 5) is 8.14. The fourth-order valence-electron chi connectivity index (χ4n) is 3.12. The lowest BCUT2D eigenvalue weighted by Crippen LogP contribution is -2.38. The molecule has 0 aromatic carbocycles. The standard InChI is InChI=1S/C23H22N4/c1(14-26-16-6-22(7-17-26)20-2-10-24-11-3-20)15-27-18-8-23(9-19-27)21-4-12-25-13-5-21/h2-13,16-19H,1,14-15H2/q+2. The molecule has 4 rings (SSSR count). The van der Waals surface area contributed by atoms with Gasteiger partial charge in [0.05, 0.1) is 6.42 Å². The topological polar surface area (TPSA) is 33.5 Å². The predicted octanol–water partition coefficient (Wildman–Crippen LogP) is 3.48. The van der Waals surface area contributed by atoms with Gasteiger partial charge < -0.3 is 0 Å². The van der Waals surface area contributed by atoms with Crippen LogP contribution in [-0.4, -0.2) is 9.97 Å². The van der Waals surface area contributed by atoms with Crippen LogP contribution in [0.4, 0.5) is 0 Å². The number of rotatable bonds is 6. The molecule has 4 nitrogen and oxygen atoms in total. The minimum absolute atomic E-state index is 0.996. The van der Waals surface area contributed by atoms with E-state index in [-0.39, 0.29) is 0 Å². The molecule has 0 saturated carbocycles. The molecule has 4 aromatic rings. The van der Waals surface area contributed by atoms with Gasteiger partial charge in [-0.1, -0.05) is 0 Å². The van der Waals surface area contributed by atoms with E-state index < -0.39 is 0 Å². The highest BCUT2D eigenvalue weighted by Crippen LogP contribution is 2.16. The van der Waals surface area contributed by atoms with Crippen molar-refractivity contribution >= 4 is 0 Å². The second kappa shape index (κ2) is 8.32. The molecule has 0 atom stereocenters. The molecule has 0 radical (unpaired) electrons. The van der Waals surface area contributed by atoms with E-state index in [1.165, 1.54) is 22.3 Å². The molecule has 4 heterocycles. The first-order chi connectivity index (χ1) is 13.4. The number of hydrogen-bond donors (Lipinski definition) is 0. The lowest BCUT2D eigenvalue weighted by atomic mass is 10.1. The maximum absolute atomic E-state index is 4.07. The van der Waals surface area contributed by atoms with Crippen molar-refractivity contribution in [2.75, 3.05) is 0 Å². The molecular weight excluding hydrogens is 332 g/mol. The predicted molar refractivity (Wildman–Crippen MR) is 104 cm³/mol. The summed E-state index contributed by atoms with van der Waals surface area (Å²) < 4.78 is 4.47. The number of nitrogens with zero attached hydrogens (tertiary/aromatic N) is 4. The quantitative estimate of drug-likeness (QED) is 0.497. The van der Waals surface area contributed by atoms with Crippen molar-refractivity contribution in [2.24, 2.45) is 0 Å². The third-order valence-corrected chi connectivity index (χ3v) is 4.64. The second-order valence-corrected chi connectivity index (χ2v) is 6.47. The van der Waals surface area contributed by atoms with Gasteiger partial charge in [-0.2, -0.15) is 0 Å². The van der Waals surface area contributed by atoms with Crippen molar-refractivity contribution in [1.29, 1.82) is 0 Å². The smallest absolute Gasteiger partial charge is 0.169 e. The van der Waals surface area contributed by atoms with Crippen LogP contribution >= 0.6 is 0 Å². The summed E-state index contributed by atoms with van der Waals surface area (Å²) in [5.74, 6) is 0. The molecule has 4 aromatic heterocycles. The molecule has 0 bridgehead atoms. The molecule has 0 aliphatic rings. The van der Waals surface area contributed by atoms with Gasteiger partial charge >= 0.3 is 0 Å². The van der Waals surface area contributed by atoms with Crippen LogP contribution in [0.25, 0.3) is 22.3 Å². The van der Waals surface area contributed by atoms with Gasteiger partial charge in [0.25, 0.3) is 0 Å². The Morgan fingerprint density at radius 3 is 1.19 bits per heavy atom. The van der Waals surface area contributed by atoms with E-state index in [1.54, 1.807) is 0 Å². The van der Waals surface area contributed by atoms with E-state index in [1.807, 2.05) is 49.1 Å². The Morgan fingerprint density at radius 1 is 0.481 bits per heavy atom. The van der Waals surface area contributed by atoms with Gasteiger partial charge in [0.2, 0.25) is 0 Å². The SMILES string of the molecule is c1cc(-c2cc[n+](CCC[n+]3ccc(-c4ccncc4)cc3)cc2)ccn1. The number of aromatic nitrogens is 4. The van der Waals surface area contributed by atoms with Gasteiger partial charge in [0.15, 0.2) is 37.9 Å². The first-order valence-corrected chi connectivity index (χ1v) is 9.17. The molecule has 0 amide bonds. The summed E-state index contributed by atoms with van der Waals surface area (Å²) in [7, 11) is 0. The fraction of sp³-hybridized carbons (Fsp3) is 0.130. The van der Waals surface area contributed by atoms with Gasteiger partial charge in [-0.3, -0.25) is 9.97 Å². The van der Waals surface area contributed by atoms with Crippen molar-refractivity contribution in [3.63, 3.8) is 0 Å². The van der Waals surface area contributed by atoms with E-state index in [0.717, 1.165) is 19.5 Å². The molecule has 4 heteroatoms. The van der Waals surface area contributed by atoms with Crippen LogP contribution in [-0.2, 0) is 13.1 Å². The van der Waals surface area contributed by atoms with Gasteiger partial charge in [0, 0.05) is 49.1 Å². The van der Waals surface area contributed by atoms with E-state index in [9.17, 15) is 0 Å². The molecule has 27 heavy (non-hydrogen) atoms.